The lowest BCUT2D eigenvalue weighted by Gasteiger charge is -2.04. The molecule has 0 spiro atoms. The van der Waals surface area contributed by atoms with Crippen LogP contribution in [-0.2, 0) is 24.3 Å². The van der Waals surface area contributed by atoms with E-state index in [9.17, 15) is 4.79 Å². The number of nitrogens with one attached hydrogen (secondary N) is 1. The van der Waals surface area contributed by atoms with Crippen molar-refractivity contribution in [2.45, 2.75) is 26.4 Å². The molecular formula is C15H17NO3. The van der Waals surface area contributed by atoms with E-state index in [1.807, 2.05) is 43.3 Å². The van der Waals surface area contributed by atoms with Gasteiger partial charge < -0.3 is 14.8 Å². The zero-order valence-corrected chi connectivity index (χ0v) is 10.8. The maximum Gasteiger partial charge on any atom is 0.307 e. The molecule has 4 nitrogen and oxygen atoms in total. The molecule has 2 rings (SSSR count). The summed E-state index contributed by atoms with van der Waals surface area (Å²) < 4.78 is 5.46. The standard InChI is InChI=1S/C15H17NO3/c1-11-2-7-14(19-11)10-16-9-13-5-3-12(4-6-13)8-15(17)18/h2-7,16H,8-10H2,1H3,(H,17,18). The average Bonchev–Trinajstić information content (AvgIpc) is 2.77. The number of rotatable bonds is 6. The van der Waals surface area contributed by atoms with E-state index in [4.69, 9.17) is 9.52 Å². The first kappa shape index (κ1) is 13.4. The van der Waals surface area contributed by atoms with Crippen LogP contribution in [0.3, 0.4) is 0 Å². The highest BCUT2D eigenvalue weighted by atomic mass is 16.4. The van der Waals surface area contributed by atoms with Gasteiger partial charge in [-0.25, -0.2) is 0 Å². The molecule has 1 heterocycles. The number of aliphatic carboxylic acids is 1. The van der Waals surface area contributed by atoms with Gasteiger partial charge in [0, 0.05) is 6.54 Å². The first-order valence-electron chi connectivity index (χ1n) is 6.19. The molecule has 1 aromatic heterocycles. The van der Waals surface area contributed by atoms with Gasteiger partial charge >= 0.3 is 5.97 Å². The Morgan fingerprint density at radius 2 is 1.79 bits per heavy atom. The second kappa shape index (κ2) is 6.20. The molecule has 2 N–H and O–H groups in total. The van der Waals surface area contributed by atoms with Gasteiger partial charge in [0.2, 0.25) is 0 Å². The van der Waals surface area contributed by atoms with Crippen LogP contribution in [0.4, 0.5) is 0 Å². The molecule has 0 aliphatic carbocycles. The third-order valence-electron chi connectivity index (χ3n) is 2.80. The van der Waals surface area contributed by atoms with Crippen molar-refractivity contribution in [3.63, 3.8) is 0 Å². The molecule has 1 aromatic carbocycles. The third kappa shape index (κ3) is 4.26. The number of carboxylic acids is 1. The lowest BCUT2D eigenvalue weighted by atomic mass is 10.1. The zero-order valence-electron chi connectivity index (χ0n) is 10.8. The van der Waals surface area contributed by atoms with Gasteiger partial charge in [0.1, 0.15) is 11.5 Å². The summed E-state index contributed by atoms with van der Waals surface area (Å²) in [6, 6.07) is 11.5. The second-order valence-electron chi connectivity index (χ2n) is 4.50. The molecular weight excluding hydrogens is 242 g/mol. The largest absolute Gasteiger partial charge is 0.481 e. The van der Waals surface area contributed by atoms with Gasteiger partial charge in [0.25, 0.3) is 0 Å². The van der Waals surface area contributed by atoms with Crippen molar-refractivity contribution >= 4 is 5.97 Å². The Kier molecular flexibility index (Phi) is 4.36. The van der Waals surface area contributed by atoms with E-state index in [1.165, 1.54) is 0 Å². The van der Waals surface area contributed by atoms with E-state index in [2.05, 4.69) is 5.32 Å². The Morgan fingerprint density at radius 3 is 2.37 bits per heavy atom. The minimum atomic E-state index is -0.806. The molecule has 0 aliphatic heterocycles. The molecule has 0 radical (unpaired) electrons. The van der Waals surface area contributed by atoms with Gasteiger partial charge in [0.15, 0.2) is 0 Å². The molecule has 100 valence electrons. The topological polar surface area (TPSA) is 62.5 Å². The highest BCUT2D eigenvalue weighted by Crippen LogP contribution is 2.08. The Balaban J connectivity index is 1.81. The van der Waals surface area contributed by atoms with Crippen LogP contribution in [0, 0.1) is 6.92 Å². The molecule has 0 fully saturated rings. The Hall–Kier alpha value is -2.07. The number of hydrogen-bond donors (Lipinski definition) is 2. The summed E-state index contributed by atoms with van der Waals surface area (Å²) in [6.45, 7) is 3.34. The number of furan rings is 1. The van der Waals surface area contributed by atoms with Crippen molar-refractivity contribution in [1.82, 2.24) is 5.32 Å². The van der Waals surface area contributed by atoms with Gasteiger partial charge in [-0.2, -0.15) is 0 Å². The van der Waals surface area contributed by atoms with Crippen LogP contribution in [0.5, 0.6) is 0 Å². The molecule has 19 heavy (non-hydrogen) atoms. The molecule has 0 amide bonds. The maximum absolute atomic E-state index is 10.6. The first-order chi connectivity index (χ1) is 9.13. The summed E-state index contributed by atoms with van der Waals surface area (Å²) in [5, 5.41) is 12.0. The smallest absolute Gasteiger partial charge is 0.307 e. The van der Waals surface area contributed by atoms with E-state index < -0.39 is 5.97 Å². The van der Waals surface area contributed by atoms with Crippen molar-refractivity contribution in [2.24, 2.45) is 0 Å². The maximum atomic E-state index is 10.6. The molecule has 0 saturated carbocycles. The summed E-state index contributed by atoms with van der Waals surface area (Å²) in [4.78, 5) is 10.6. The Labute approximate surface area is 112 Å². The fraction of sp³-hybridized carbons (Fsp3) is 0.267. The summed E-state index contributed by atoms with van der Waals surface area (Å²) in [5.41, 5.74) is 1.94. The summed E-state index contributed by atoms with van der Waals surface area (Å²) >= 11 is 0. The van der Waals surface area contributed by atoms with Crippen LogP contribution in [0.2, 0.25) is 0 Å². The summed E-state index contributed by atoms with van der Waals surface area (Å²) in [5.74, 6) is 1.02. The molecule has 0 aliphatic rings. The van der Waals surface area contributed by atoms with Gasteiger partial charge in [-0.3, -0.25) is 4.79 Å². The molecule has 0 unspecified atom stereocenters. The minimum Gasteiger partial charge on any atom is -0.481 e. The number of hydrogen-bond acceptors (Lipinski definition) is 3. The van der Waals surface area contributed by atoms with Crippen LogP contribution < -0.4 is 5.32 Å². The lowest BCUT2D eigenvalue weighted by molar-refractivity contribution is -0.136. The van der Waals surface area contributed by atoms with Gasteiger partial charge in [0.05, 0.1) is 13.0 Å². The summed E-state index contributed by atoms with van der Waals surface area (Å²) in [6.07, 6.45) is 0.0688. The molecule has 0 saturated heterocycles. The van der Waals surface area contributed by atoms with Crippen LogP contribution in [-0.4, -0.2) is 11.1 Å². The normalized spacial score (nSPS) is 10.6. The van der Waals surface area contributed by atoms with Crippen molar-refractivity contribution in [3.8, 4) is 0 Å². The minimum absolute atomic E-state index is 0.0688. The monoisotopic (exact) mass is 259 g/mol. The van der Waals surface area contributed by atoms with E-state index in [1.54, 1.807) is 0 Å². The van der Waals surface area contributed by atoms with E-state index in [0.29, 0.717) is 6.54 Å². The van der Waals surface area contributed by atoms with E-state index in [0.717, 1.165) is 29.2 Å². The highest BCUT2D eigenvalue weighted by Gasteiger charge is 2.01. The number of carbonyl (C=O) groups is 1. The van der Waals surface area contributed by atoms with Crippen molar-refractivity contribution in [3.05, 3.63) is 59.0 Å². The predicted octanol–water partition coefficient (Wildman–Crippen LogP) is 2.50. The lowest BCUT2D eigenvalue weighted by Crippen LogP contribution is -2.12. The fourth-order valence-corrected chi connectivity index (χ4v) is 1.86. The predicted molar refractivity (Wildman–Crippen MR) is 71.8 cm³/mol. The zero-order chi connectivity index (χ0) is 13.7. The Morgan fingerprint density at radius 1 is 1.11 bits per heavy atom. The van der Waals surface area contributed by atoms with Crippen LogP contribution in [0.25, 0.3) is 0 Å². The van der Waals surface area contributed by atoms with Gasteiger partial charge in [-0.05, 0) is 30.2 Å². The SMILES string of the molecule is Cc1ccc(CNCc2ccc(CC(=O)O)cc2)o1. The number of carboxylic acid groups (broad SMARTS) is 1. The molecule has 0 atom stereocenters. The molecule has 2 aromatic rings. The molecule has 4 heteroatoms. The second-order valence-corrected chi connectivity index (χ2v) is 4.50. The van der Waals surface area contributed by atoms with Crippen LogP contribution in [0.1, 0.15) is 22.6 Å². The third-order valence-corrected chi connectivity index (χ3v) is 2.80. The van der Waals surface area contributed by atoms with Crippen LogP contribution >= 0.6 is 0 Å². The Bertz CT molecular complexity index is 543. The van der Waals surface area contributed by atoms with E-state index in [-0.39, 0.29) is 6.42 Å². The first-order valence-corrected chi connectivity index (χ1v) is 6.19. The summed E-state index contributed by atoms with van der Waals surface area (Å²) in [7, 11) is 0. The highest BCUT2D eigenvalue weighted by molar-refractivity contribution is 5.70. The number of benzene rings is 1. The quantitative estimate of drug-likeness (QED) is 0.836. The fourth-order valence-electron chi connectivity index (χ4n) is 1.86. The van der Waals surface area contributed by atoms with E-state index >= 15 is 0 Å². The van der Waals surface area contributed by atoms with Gasteiger partial charge in [-0.15, -0.1) is 0 Å². The molecule has 0 bridgehead atoms. The van der Waals surface area contributed by atoms with Gasteiger partial charge in [-0.1, -0.05) is 24.3 Å². The van der Waals surface area contributed by atoms with Crippen molar-refractivity contribution in [2.75, 3.05) is 0 Å². The van der Waals surface area contributed by atoms with Crippen molar-refractivity contribution in [1.29, 1.82) is 0 Å². The van der Waals surface area contributed by atoms with Crippen LogP contribution in [0.15, 0.2) is 40.8 Å². The average molecular weight is 259 g/mol. The number of aryl methyl sites for hydroxylation is 1. The van der Waals surface area contributed by atoms with Crippen molar-refractivity contribution < 1.29 is 14.3 Å².